The Labute approximate surface area is 597 Å². The minimum atomic E-state index is -4.98. The summed E-state index contributed by atoms with van der Waals surface area (Å²) in [5, 5.41) is 10.6. The Morgan fingerprint density at radius 2 is 0.510 bits per heavy atom. The molecule has 572 valence electrons. The van der Waals surface area contributed by atoms with Crippen molar-refractivity contribution < 1.29 is 80.2 Å². The number of ether oxygens (including phenoxy) is 4. The molecule has 5 atom stereocenters. The lowest BCUT2D eigenvalue weighted by Gasteiger charge is -2.21. The SMILES string of the molecule is CCCCC/C=C\C/C=C\C/C=C\C/C=C\CCCC(=O)O[C@H](COC(=O)CCCCCCC/C=C\CCCCCCCC)COP(=O)(O)OC[C@H](O)COP(=O)(O)OC[C@@H](COC(=O)CCCCCCCCCCCCCCC)OC(=O)CCCCCCCCCCCCCCC. The lowest BCUT2D eigenvalue weighted by Crippen LogP contribution is -2.30. The topological polar surface area (TPSA) is 237 Å². The molecule has 0 heterocycles. The summed E-state index contributed by atoms with van der Waals surface area (Å²) >= 11 is 0. The Hall–Kier alpha value is -3.24. The average molecular weight is 1430 g/mol. The summed E-state index contributed by atoms with van der Waals surface area (Å²) in [6, 6.07) is 0. The highest BCUT2D eigenvalue weighted by Crippen LogP contribution is 2.45. The van der Waals surface area contributed by atoms with Gasteiger partial charge < -0.3 is 33.8 Å². The molecule has 3 N–H and O–H groups in total. The summed E-state index contributed by atoms with van der Waals surface area (Å²) in [7, 11) is -9.95. The van der Waals surface area contributed by atoms with Crippen molar-refractivity contribution in [3.05, 3.63) is 60.8 Å². The zero-order valence-electron chi connectivity index (χ0n) is 62.5. The molecule has 0 radical (unpaired) electrons. The largest absolute Gasteiger partial charge is 0.472 e. The zero-order chi connectivity index (χ0) is 71.8. The summed E-state index contributed by atoms with van der Waals surface area (Å²) in [5.41, 5.74) is 0. The molecule has 0 aromatic rings. The molecule has 0 aromatic heterocycles. The van der Waals surface area contributed by atoms with Crippen LogP contribution in [0.5, 0.6) is 0 Å². The maximum Gasteiger partial charge on any atom is 0.472 e. The van der Waals surface area contributed by atoms with Crippen molar-refractivity contribution in [1.82, 2.24) is 0 Å². The zero-order valence-corrected chi connectivity index (χ0v) is 64.3. The van der Waals surface area contributed by atoms with E-state index in [0.29, 0.717) is 32.1 Å². The number of carbonyl (C=O) groups is 4. The van der Waals surface area contributed by atoms with Crippen molar-refractivity contribution in [2.75, 3.05) is 39.6 Å². The molecular weight excluding hydrogens is 1280 g/mol. The van der Waals surface area contributed by atoms with E-state index < -0.39 is 97.5 Å². The monoisotopic (exact) mass is 1430 g/mol. The first-order valence-corrected chi connectivity index (χ1v) is 42.5. The standard InChI is InChI=1S/C79H144O17P2/c1-5-9-13-17-21-25-29-33-35-36-38-42-46-50-54-58-62-66-79(84)96-75(70-90-77(82)64-60-56-52-48-44-41-37-34-30-26-22-18-14-10-6-2)72-94-98(87,88)92-68-73(80)67-91-97(85,86)93-71-74(95-78(83)65-61-57-53-49-45-40-32-28-24-20-16-12-8-4)69-89-76(81)63-59-55-51-47-43-39-31-27-23-19-15-11-7-3/h21,25,33-35,37-38,42,50,54,73-75,80H,5-20,22-24,26-32,36,39-41,43-49,51-53,55-72H2,1-4H3,(H,85,86)(H,87,88)/b25-21-,35-33-,37-34-,42-38-,54-50-/t73-,74-,75-/m1/s1. The molecule has 0 aliphatic carbocycles. The number of aliphatic hydroxyl groups excluding tert-OH is 1. The van der Waals surface area contributed by atoms with E-state index in [-0.39, 0.29) is 25.7 Å². The first-order valence-electron chi connectivity index (χ1n) is 39.5. The van der Waals surface area contributed by atoms with Crippen LogP contribution in [0, 0.1) is 0 Å². The Kier molecular flexibility index (Phi) is 69.7. The van der Waals surface area contributed by atoms with E-state index in [1.54, 1.807) is 0 Å². The lowest BCUT2D eigenvalue weighted by molar-refractivity contribution is -0.161. The number of aliphatic hydroxyl groups is 1. The maximum atomic E-state index is 13.1. The highest BCUT2D eigenvalue weighted by Gasteiger charge is 2.30. The van der Waals surface area contributed by atoms with Gasteiger partial charge >= 0.3 is 39.5 Å². The van der Waals surface area contributed by atoms with Crippen LogP contribution in [0.25, 0.3) is 0 Å². The number of esters is 4. The Morgan fingerprint density at radius 1 is 0.286 bits per heavy atom. The lowest BCUT2D eigenvalue weighted by atomic mass is 10.0. The number of rotatable bonds is 75. The van der Waals surface area contributed by atoms with Gasteiger partial charge in [-0.2, -0.15) is 0 Å². The molecule has 0 amide bonds. The van der Waals surface area contributed by atoms with Crippen molar-refractivity contribution in [3.63, 3.8) is 0 Å². The molecule has 19 heteroatoms. The number of phosphoric acid groups is 2. The molecule has 0 bridgehead atoms. The van der Waals surface area contributed by atoms with Crippen LogP contribution in [0.15, 0.2) is 60.8 Å². The highest BCUT2D eigenvalue weighted by molar-refractivity contribution is 7.47. The number of allylic oxidation sites excluding steroid dienone is 10. The van der Waals surface area contributed by atoms with Crippen LogP contribution < -0.4 is 0 Å². The van der Waals surface area contributed by atoms with Gasteiger partial charge in [-0.05, 0) is 89.9 Å². The maximum absolute atomic E-state index is 13.1. The summed E-state index contributed by atoms with van der Waals surface area (Å²) in [4.78, 5) is 72.9. The van der Waals surface area contributed by atoms with Crippen LogP contribution in [0.3, 0.4) is 0 Å². The van der Waals surface area contributed by atoms with E-state index in [2.05, 4.69) is 76.3 Å². The summed E-state index contributed by atoms with van der Waals surface area (Å²) in [6.07, 6.45) is 70.6. The Morgan fingerprint density at radius 3 is 0.837 bits per heavy atom. The highest BCUT2D eigenvalue weighted by atomic mass is 31.2. The quantitative estimate of drug-likeness (QED) is 0.0169. The van der Waals surface area contributed by atoms with Crippen LogP contribution in [0.1, 0.15) is 362 Å². The van der Waals surface area contributed by atoms with Crippen LogP contribution in [-0.4, -0.2) is 96.7 Å². The molecule has 17 nitrogen and oxygen atoms in total. The second kappa shape index (κ2) is 72.1. The average Bonchev–Trinajstić information content (AvgIpc) is 1.02. The van der Waals surface area contributed by atoms with Gasteiger partial charge in [-0.1, -0.05) is 307 Å². The number of hydrogen-bond donors (Lipinski definition) is 3. The molecule has 0 aliphatic rings. The van der Waals surface area contributed by atoms with E-state index in [4.69, 9.17) is 37.0 Å². The van der Waals surface area contributed by atoms with Gasteiger partial charge in [0.25, 0.3) is 0 Å². The van der Waals surface area contributed by atoms with E-state index >= 15 is 0 Å². The van der Waals surface area contributed by atoms with Crippen LogP contribution in [0.2, 0.25) is 0 Å². The first kappa shape index (κ1) is 94.8. The van der Waals surface area contributed by atoms with Crippen LogP contribution in [0.4, 0.5) is 0 Å². The summed E-state index contributed by atoms with van der Waals surface area (Å²) in [5.74, 6) is -2.21. The third-order valence-corrected chi connectivity index (χ3v) is 18.9. The third kappa shape index (κ3) is 71.2. The van der Waals surface area contributed by atoms with Gasteiger partial charge in [0.2, 0.25) is 0 Å². The van der Waals surface area contributed by atoms with E-state index in [1.807, 2.05) is 12.2 Å². The van der Waals surface area contributed by atoms with Crippen LogP contribution in [-0.2, 0) is 65.4 Å². The summed E-state index contributed by atoms with van der Waals surface area (Å²) < 4.78 is 68.5. The van der Waals surface area contributed by atoms with E-state index in [9.17, 15) is 43.2 Å². The minimum absolute atomic E-state index is 0.0215. The smallest absolute Gasteiger partial charge is 0.462 e. The number of phosphoric ester groups is 2. The van der Waals surface area contributed by atoms with Gasteiger partial charge in [-0.3, -0.25) is 37.3 Å². The molecule has 2 unspecified atom stereocenters. The number of hydrogen-bond acceptors (Lipinski definition) is 15. The molecule has 0 saturated heterocycles. The van der Waals surface area contributed by atoms with Gasteiger partial charge in [0.05, 0.1) is 26.4 Å². The van der Waals surface area contributed by atoms with Crippen molar-refractivity contribution in [1.29, 1.82) is 0 Å². The van der Waals surface area contributed by atoms with Gasteiger partial charge in [0.1, 0.15) is 19.3 Å². The van der Waals surface area contributed by atoms with Gasteiger partial charge in [-0.25, -0.2) is 9.13 Å². The molecule has 0 aliphatic heterocycles. The Bertz CT molecular complexity index is 2100. The molecule has 0 spiro atoms. The number of carbonyl (C=O) groups excluding carboxylic acids is 4. The summed E-state index contributed by atoms with van der Waals surface area (Å²) in [6.45, 7) is 4.83. The molecule has 0 rings (SSSR count). The fourth-order valence-electron chi connectivity index (χ4n) is 10.9. The molecule has 0 saturated carbocycles. The van der Waals surface area contributed by atoms with E-state index in [0.717, 1.165) is 109 Å². The Balaban J connectivity index is 5.37. The fourth-order valence-corrected chi connectivity index (χ4v) is 12.5. The second-order valence-corrected chi connectivity index (χ2v) is 29.6. The van der Waals surface area contributed by atoms with Crippen molar-refractivity contribution >= 4 is 39.5 Å². The predicted molar refractivity (Wildman–Crippen MR) is 400 cm³/mol. The third-order valence-electron chi connectivity index (χ3n) is 17.0. The predicted octanol–water partition coefficient (Wildman–Crippen LogP) is 22.7. The molecule has 0 aromatic carbocycles. The van der Waals surface area contributed by atoms with Crippen molar-refractivity contribution in [2.45, 2.75) is 380 Å². The van der Waals surface area contributed by atoms with Crippen molar-refractivity contribution in [2.24, 2.45) is 0 Å². The van der Waals surface area contributed by atoms with Gasteiger partial charge in [0.15, 0.2) is 12.2 Å². The molecule has 0 fully saturated rings. The molecule has 98 heavy (non-hydrogen) atoms. The van der Waals surface area contributed by atoms with Gasteiger partial charge in [0, 0.05) is 25.7 Å². The fraction of sp³-hybridized carbons (Fsp3) is 0.823. The second-order valence-electron chi connectivity index (χ2n) is 26.7. The molecular formula is C79H144O17P2. The number of unbranched alkanes of at least 4 members (excludes halogenated alkanes) is 39. The minimum Gasteiger partial charge on any atom is -0.462 e. The van der Waals surface area contributed by atoms with Crippen LogP contribution >= 0.6 is 15.6 Å². The van der Waals surface area contributed by atoms with Gasteiger partial charge in [-0.15, -0.1) is 0 Å². The first-order chi connectivity index (χ1) is 47.7. The van der Waals surface area contributed by atoms with Crippen molar-refractivity contribution in [3.8, 4) is 0 Å². The normalized spacial score (nSPS) is 14.2. The van der Waals surface area contributed by atoms with E-state index in [1.165, 1.54) is 167 Å².